The maximum atomic E-state index is 4.37. The van der Waals surface area contributed by atoms with Gasteiger partial charge in [0.05, 0.1) is 6.54 Å². The zero-order chi connectivity index (χ0) is 18.9. The minimum Gasteiger partial charge on any atom is -0.352 e. The van der Waals surface area contributed by atoms with Crippen molar-refractivity contribution in [3.05, 3.63) is 51.5 Å². The molecule has 27 heavy (non-hydrogen) atoms. The fourth-order valence-electron chi connectivity index (χ4n) is 3.36. The van der Waals surface area contributed by atoms with E-state index in [0.29, 0.717) is 6.54 Å². The van der Waals surface area contributed by atoms with Crippen LogP contribution in [-0.2, 0) is 19.6 Å². The zero-order valence-electron chi connectivity index (χ0n) is 16.5. The number of aryl methyl sites for hydroxylation is 1. The molecule has 6 heteroatoms. The molecule has 0 amide bonds. The number of thiazole rings is 1. The van der Waals surface area contributed by atoms with Crippen molar-refractivity contribution in [3.63, 3.8) is 0 Å². The lowest BCUT2D eigenvalue weighted by atomic mass is 10.1. The normalized spacial score (nSPS) is 16.1. The number of hydrogen-bond donors (Lipinski definition) is 2. The van der Waals surface area contributed by atoms with Gasteiger partial charge in [0.1, 0.15) is 5.01 Å². The van der Waals surface area contributed by atoms with Gasteiger partial charge in [0.15, 0.2) is 5.96 Å². The van der Waals surface area contributed by atoms with Crippen molar-refractivity contribution in [2.24, 2.45) is 4.99 Å². The van der Waals surface area contributed by atoms with Gasteiger partial charge in [-0.1, -0.05) is 37.1 Å². The second-order valence-electron chi connectivity index (χ2n) is 7.15. The molecule has 0 unspecified atom stereocenters. The van der Waals surface area contributed by atoms with Gasteiger partial charge in [-0.3, -0.25) is 9.89 Å². The van der Waals surface area contributed by atoms with Gasteiger partial charge >= 0.3 is 0 Å². The minimum atomic E-state index is 0.701. The summed E-state index contributed by atoms with van der Waals surface area (Å²) in [6.07, 6.45) is 7.37. The molecule has 2 aromatic rings. The maximum Gasteiger partial charge on any atom is 0.191 e. The van der Waals surface area contributed by atoms with Crippen molar-refractivity contribution in [2.45, 2.75) is 52.2 Å². The van der Waals surface area contributed by atoms with Gasteiger partial charge in [-0.2, -0.15) is 0 Å². The number of aliphatic imine (C=N–C) groups is 1. The summed E-state index contributed by atoms with van der Waals surface area (Å²) in [6.45, 7) is 7.09. The van der Waals surface area contributed by atoms with Crippen LogP contribution in [0.1, 0.15) is 46.7 Å². The van der Waals surface area contributed by atoms with Crippen LogP contribution in [0.25, 0.3) is 0 Å². The van der Waals surface area contributed by atoms with Crippen molar-refractivity contribution in [1.29, 1.82) is 0 Å². The fourth-order valence-corrected chi connectivity index (χ4v) is 4.09. The van der Waals surface area contributed by atoms with E-state index in [2.05, 4.69) is 56.7 Å². The Bertz CT molecular complexity index is 714. The number of nitrogens with one attached hydrogen (secondary N) is 2. The molecule has 5 nitrogen and oxygen atoms in total. The molecule has 0 atom stereocenters. The lowest BCUT2D eigenvalue weighted by Gasteiger charge is -2.20. The molecule has 3 rings (SSSR count). The predicted octanol–water partition coefficient (Wildman–Crippen LogP) is 3.69. The number of guanidine groups is 1. The van der Waals surface area contributed by atoms with Gasteiger partial charge < -0.3 is 10.6 Å². The number of likely N-dealkylation sites (tertiary alicyclic amines) is 1. The van der Waals surface area contributed by atoms with Crippen molar-refractivity contribution in [3.8, 4) is 0 Å². The van der Waals surface area contributed by atoms with E-state index in [1.165, 1.54) is 54.8 Å². The highest BCUT2D eigenvalue weighted by molar-refractivity contribution is 7.11. The van der Waals surface area contributed by atoms with E-state index in [1.54, 1.807) is 18.4 Å². The summed E-state index contributed by atoms with van der Waals surface area (Å²) in [4.78, 5) is 12.5. The molecule has 146 valence electrons. The van der Waals surface area contributed by atoms with Crippen LogP contribution >= 0.6 is 11.3 Å². The first-order chi connectivity index (χ1) is 13.2. The van der Waals surface area contributed by atoms with Gasteiger partial charge in [-0.25, -0.2) is 4.98 Å². The Labute approximate surface area is 166 Å². The molecule has 0 spiro atoms. The van der Waals surface area contributed by atoms with Crippen molar-refractivity contribution in [1.82, 2.24) is 20.5 Å². The van der Waals surface area contributed by atoms with Crippen LogP contribution in [0.5, 0.6) is 0 Å². The van der Waals surface area contributed by atoms with Crippen molar-refractivity contribution in [2.75, 3.05) is 20.1 Å². The first kappa shape index (κ1) is 19.8. The van der Waals surface area contributed by atoms with Gasteiger partial charge in [0.25, 0.3) is 0 Å². The third-order valence-corrected chi connectivity index (χ3v) is 5.80. The topological polar surface area (TPSA) is 52.6 Å². The van der Waals surface area contributed by atoms with Gasteiger partial charge in [-0.05, 0) is 44.0 Å². The van der Waals surface area contributed by atoms with Crippen LogP contribution in [0.4, 0.5) is 0 Å². The number of nitrogens with zero attached hydrogens (tertiary/aromatic N) is 3. The summed E-state index contributed by atoms with van der Waals surface area (Å²) < 4.78 is 0. The minimum absolute atomic E-state index is 0.701. The van der Waals surface area contributed by atoms with Crippen LogP contribution < -0.4 is 10.6 Å². The van der Waals surface area contributed by atoms with Crippen LogP contribution in [0, 0.1) is 6.92 Å². The molecule has 0 bridgehead atoms. The highest BCUT2D eigenvalue weighted by Crippen LogP contribution is 2.14. The second-order valence-corrected chi connectivity index (χ2v) is 8.47. The predicted molar refractivity (Wildman–Crippen MR) is 114 cm³/mol. The summed E-state index contributed by atoms with van der Waals surface area (Å²) in [5.41, 5.74) is 2.67. The molecule has 2 heterocycles. The maximum absolute atomic E-state index is 4.37. The lowest BCUT2D eigenvalue weighted by molar-refractivity contribution is 0.277. The number of benzene rings is 1. The van der Waals surface area contributed by atoms with E-state index >= 15 is 0 Å². The van der Waals surface area contributed by atoms with E-state index < -0.39 is 0 Å². The fraction of sp³-hybridized carbons (Fsp3) is 0.524. The third kappa shape index (κ3) is 6.63. The number of rotatable bonds is 6. The number of hydrogen-bond acceptors (Lipinski definition) is 4. The van der Waals surface area contributed by atoms with E-state index in [0.717, 1.165) is 24.1 Å². The largest absolute Gasteiger partial charge is 0.352 e. The highest BCUT2D eigenvalue weighted by Gasteiger charge is 2.09. The number of aromatic nitrogens is 1. The molecule has 1 aromatic heterocycles. The Morgan fingerprint density at radius 2 is 1.70 bits per heavy atom. The third-order valence-electron chi connectivity index (χ3n) is 4.89. The van der Waals surface area contributed by atoms with E-state index in [4.69, 9.17) is 0 Å². The van der Waals surface area contributed by atoms with E-state index in [9.17, 15) is 0 Å². The smallest absolute Gasteiger partial charge is 0.191 e. The molecule has 0 saturated carbocycles. The molecular weight excluding hydrogens is 354 g/mol. The van der Waals surface area contributed by atoms with Crippen LogP contribution in [0.3, 0.4) is 0 Å². The van der Waals surface area contributed by atoms with Crippen LogP contribution in [0.2, 0.25) is 0 Å². The summed E-state index contributed by atoms with van der Waals surface area (Å²) in [5.74, 6) is 0.802. The molecule has 2 N–H and O–H groups in total. The Morgan fingerprint density at radius 1 is 1.04 bits per heavy atom. The summed E-state index contributed by atoms with van der Waals surface area (Å²) in [6, 6.07) is 8.96. The summed E-state index contributed by atoms with van der Waals surface area (Å²) >= 11 is 1.71. The Morgan fingerprint density at radius 3 is 2.33 bits per heavy atom. The molecule has 0 aliphatic carbocycles. The average molecular weight is 386 g/mol. The van der Waals surface area contributed by atoms with Crippen molar-refractivity contribution >= 4 is 17.3 Å². The molecule has 1 aliphatic heterocycles. The summed E-state index contributed by atoms with van der Waals surface area (Å²) in [5, 5.41) is 7.78. The standard InChI is InChI=1S/C21H31N5S/c1-17-13-23-20(27-17)15-25-21(22-2)24-14-18-7-9-19(10-8-18)16-26-11-5-3-4-6-12-26/h7-10,13H,3-6,11-12,14-16H2,1-2H3,(H2,22,24,25). The second kappa shape index (κ2) is 10.4. The average Bonchev–Trinajstić information content (AvgIpc) is 2.93. The van der Waals surface area contributed by atoms with Crippen LogP contribution in [0.15, 0.2) is 35.5 Å². The van der Waals surface area contributed by atoms with Crippen molar-refractivity contribution < 1.29 is 0 Å². The highest BCUT2D eigenvalue weighted by atomic mass is 32.1. The van der Waals surface area contributed by atoms with Gasteiger partial charge in [0.2, 0.25) is 0 Å². The molecule has 1 aliphatic rings. The molecule has 0 radical (unpaired) electrons. The first-order valence-electron chi connectivity index (χ1n) is 9.89. The SMILES string of the molecule is CN=C(NCc1ccc(CN2CCCCCC2)cc1)NCc1ncc(C)s1. The van der Waals surface area contributed by atoms with Gasteiger partial charge in [0, 0.05) is 31.2 Å². The molecule has 1 aromatic carbocycles. The van der Waals surface area contributed by atoms with E-state index in [1.807, 2.05) is 6.20 Å². The Balaban J connectivity index is 1.44. The van der Waals surface area contributed by atoms with E-state index in [-0.39, 0.29) is 0 Å². The first-order valence-corrected chi connectivity index (χ1v) is 10.7. The molecule has 1 fully saturated rings. The lowest BCUT2D eigenvalue weighted by Crippen LogP contribution is -2.36. The van der Waals surface area contributed by atoms with Crippen LogP contribution in [-0.4, -0.2) is 36.0 Å². The zero-order valence-corrected chi connectivity index (χ0v) is 17.3. The quantitative estimate of drug-likeness (QED) is 0.588. The van der Waals surface area contributed by atoms with Gasteiger partial charge in [-0.15, -0.1) is 11.3 Å². The monoisotopic (exact) mass is 385 g/mol. The summed E-state index contributed by atoms with van der Waals surface area (Å²) in [7, 11) is 1.80. The molecule has 1 saturated heterocycles. The Hall–Kier alpha value is -1.92. The molecular formula is C21H31N5S. The Kier molecular flexibility index (Phi) is 7.66.